The largest absolute Gasteiger partial charge is 0.317 e. The Kier molecular flexibility index (Phi) is 7.10. The predicted octanol–water partition coefficient (Wildman–Crippen LogP) is 4.02. The first kappa shape index (κ1) is 20.5. The Morgan fingerprint density at radius 2 is 1.37 bits per heavy atom. The molecule has 3 rings (SSSR count). The maximum Gasteiger partial charge on any atom is 0.199 e. The van der Waals surface area contributed by atoms with Gasteiger partial charge in [-0.05, 0) is 102 Å². The Balaban J connectivity index is 1.83. The van der Waals surface area contributed by atoms with Gasteiger partial charge in [0.05, 0.1) is 0 Å². The molecule has 0 atom stereocenters. The maximum atomic E-state index is 3.50. The topological polar surface area (TPSA) is 18.3 Å². The Labute approximate surface area is 166 Å². The summed E-state index contributed by atoms with van der Waals surface area (Å²) in [5.74, 6) is 1.56. The summed E-state index contributed by atoms with van der Waals surface area (Å²) in [7, 11) is 10.9. The standard InChI is InChI=1S/C24H40N3/c1-25-21-12-6-18(7-13-21)24(19-8-14-22(15-9-19)26(2)3)20-10-16-23(17-11-20)27(4)5/h8-9,14-15,18,20-21,23,25H,6-7,10-13,16-17H2,1-5H3/q+1. The van der Waals surface area contributed by atoms with E-state index in [0.717, 1.165) is 23.9 Å². The van der Waals surface area contributed by atoms with Crippen LogP contribution < -0.4 is 5.32 Å². The fraction of sp³-hybridized carbons (Fsp3) is 0.708. The van der Waals surface area contributed by atoms with E-state index in [9.17, 15) is 0 Å². The van der Waals surface area contributed by atoms with E-state index in [0.29, 0.717) is 0 Å². The summed E-state index contributed by atoms with van der Waals surface area (Å²) in [6, 6.07) is 1.50. The molecule has 0 aromatic carbocycles. The van der Waals surface area contributed by atoms with Crippen LogP contribution in [0.15, 0.2) is 35.5 Å². The first-order valence-corrected chi connectivity index (χ1v) is 11.0. The van der Waals surface area contributed by atoms with Crippen molar-refractivity contribution in [3.63, 3.8) is 0 Å². The molecule has 0 aromatic rings. The molecule has 150 valence electrons. The number of hydrogen-bond acceptors (Lipinski definition) is 2. The lowest BCUT2D eigenvalue weighted by molar-refractivity contribution is -0.462. The van der Waals surface area contributed by atoms with Gasteiger partial charge in [0.1, 0.15) is 14.1 Å². The summed E-state index contributed by atoms with van der Waals surface area (Å²) < 4.78 is 2.20. The quantitative estimate of drug-likeness (QED) is 0.754. The minimum atomic E-state index is 0.725. The van der Waals surface area contributed by atoms with Crippen LogP contribution >= 0.6 is 0 Å². The van der Waals surface area contributed by atoms with E-state index in [1.807, 2.05) is 0 Å². The molecule has 0 aromatic heterocycles. The molecule has 2 fully saturated rings. The van der Waals surface area contributed by atoms with Crippen molar-refractivity contribution in [2.24, 2.45) is 11.8 Å². The summed E-state index contributed by atoms with van der Waals surface area (Å²) >= 11 is 0. The second-order valence-electron chi connectivity index (χ2n) is 9.20. The van der Waals surface area contributed by atoms with Crippen LogP contribution in [0.1, 0.15) is 51.4 Å². The molecule has 0 saturated heterocycles. The van der Waals surface area contributed by atoms with Crippen molar-refractivity contribution in [3.05, 3.63) is 35.5 Å². The van der Waals surface area contributed by atoms with Gasteiger partial charge in [0.15, 0.2) is 5.71 Å². The van der Waals surface area contributed by atoms with Crippen molar-refractivity contribution in [2.75, 3.05) is 35.2 Å². The van der Waals surface area contributed by atoms with Crippen molar-refractivity contribution in [2.45, 2.75) is 63.5 Å². The van der Waals surface area contributed by atoms with Gasteiger partial charge in [-0.1, -0.05) is 5.57 Å². The van der Waals surface area contributed by atoms with Crippen LogP contribution in [0.5, 0.6) is 0 Å². The highest BCUT2D eigenvalue weighted by molar-refractivity contribution is 6.02. The van der Waals surface area contributed by atoms with Gasteiger partial charge in [-0.3, -0.25) is 0 Å². The molecule has 0 heterocycles. The molecule has 3 aliphatic carbocycles. The third kappa shape index (κ3) is 5.00. The number of hydrogen-bond donors (Lipinski definition) is 1. The zero-order chi connectivity index (χ0) is 19.4. The third-order valence-electron chi connectivity index (χ3n) is 7.16. The van der Waals surface area contributed by atoms with Crippen LogP contribution in [0, 0.1) is 11.8 Å². The number of rotatable bonds is 4. The van der Waals surface area contributed by atoms with Gasteiger partial charge in [0, 0.05) is 24.2 Å². The second-order valence-corrected chi connectivity index (χ2v) is 9.20. The molecule has 0 amide bonds. The van der Waals surface area contributed by atoms with E-state index in [1.54, 1.807) is 5.57 Å². The third-order valence-corrected chi connectivity index (χ3v) is 7.16. The molecule has 0 aliphatic heterocycles. The highest BCUT2D eigenvalue weighted by Crippen LogP contribution is 2.42. The highest BCUT2D eigenvalue weighted by atomic mass is 15.1. The normalized spacial score (nSPS) is 31.5. The number of nitrogens with one attached hydrogen (secondary N) is 1. The van der Waals surface area contributed by atoms with E-state index >= 15 is 0 Å². The predicted molar refractivity (Wildman–Crippen MR) is 117 cm³/mol. The Morgan fingerprint density at radius 1 is 0.852 bits per heavy atom. The second kappa shape index (κ2) is 9.34. The zero-order valence-corrected chi connectivity index (χ0v) is 18.2. The van der Waals surface area contributed by atoms with Crippen LogP contribution in [0.25, 0.3) is 0 Å². The van der Waals surface area contributed by atoms with Gasteiger partial charge >= 0.3 is 0 Å². The molecule has 3 aliphatic rings. The average molecular weight is 371 g/mol. The molecule has 0 bridgehead atoms. The van der Waals surface area contributed by atoms with Crippen LogP contribution in [-0.2, 0) is 0 Å². The van der Waals surface area contributed by atoms with Crippen LogP contribution in [-0.4, -0.2) is 62.5 Å². The van der Waals surface area contributed by atoms with Crippen molar-refractivity contribution in [1.82, 2.24) is 10.2 Å². The summed E-state index contributed by atoms with van der Waals surface area (Å²) in [5.41, 5.74) is 4.60. The Hall–Kier alpha value is -1.19. The van der Waals surface area contributed by atoms with E-state index in [2.05, 4.69) is 74.3 Å². The van der Waals surface area contributed by atoms with Crippen LogP contribution in [0.4, 0.5) is 0 Å². The van der Waals surface area contributed by atoms with Gasteiger partial charge in [0.25, 0.3) is 0 Å². The minimum absolute atomic E-state index is 0.725. The Bertz CT molecular complexity index is 600. The van der Waals surface area contributed by atoms with Gasteiger partial charge in [-0.2, -0.15) is 0 Å². The minimum Gasteiger partial charge on any atom is -0.317 e. The van der Waals surface area contributed by atoms with Crippen molar-refractivity contribution in [3.8, 4) is 0 Å². The van der Waals surface area contributed by atoms with E-state index in [-0.39, 0.29) is 0 Å². The van der Waals surface area contributed by atoms with E-state index in [1.165, 1.54) is 62.7 Å². The summed E-state index contributed by atoms with van der Waals surface area (Å²) in [6.07, 6.45) is 20.2. The fourth-order valence-electron chi connectivity index (χ4n) is 5.35. The number of allylic oxidation sites excluding steroid dienone is 6. The SMILES string of the molecule is CNC1CCC(C(=C2C=CC(=[N+](C)C)C=C2)C2CCC(N(C)C)CC2)CC1. The molecular formula is C24H40N3+. The summed E-state index contributed by atoms with van der Waals surface area (Å²) in [6.45, 7) is 0. The van der Waals surface area contributed by atoms with Gasteiger partial charge in [-0.25, -0.2) is 4.58 Å². The van der Waals surface area contributed by atoms with Crippen molar-refractivity contribution >= 4 is 5.71 Å². The molecule has 3 nitrogen and oxygen atoms in total. The summed E-state index contributed by atoms with van der Waals surface area (Å²) in [5, 5.41) is 3.50. The zero-order valence-electron chi connectivity index (χ0n) is 18.2. The average Bonchev–Trinajstić information content (AvgIpc) is 2.69. The lowest BCUT2D eigenvalue weighted by Gasteiger charge is -2.39. The monoisotopic (exact) mass is 370 g/mol. The first-order chi connectivity index (χ1) is 13.0. The highest BCUT2D eigenvalue weighted by Gasteiger charge is 2.32. The van der Waals surface area contributed by atoms with Gasteiger partial charge in [-0.15, -0.1) is 0 Å². The first-order valence-electron chi connectivity index (χ1n) is 11.0. The lowest BCUT2D eigenvalue weighted by atomic mass is 9.70. The summed E-state index contributed by atoms with van der Waals surface area (Å²) in [4.78, 5) is 2.43. The molecule has 2 saturated carbocycles. The molecule has 0 radical (unpaired) electrons. The Morgan fingerprint density at radius 3 is 1.81 bits per heavy atom. The van der Waals surface area contributed by atoms with Crippen molar-refractivity contribution in [1.29, 1.82) is 0 Å². The van der Waals surface area contributed by atoms with Gasteiger partial charge in [0.2, 0.25) is 0 Å². The fourth-order valence-corrected chi connectivity index (χ4v) is 5.35. The maximum absolute atomic E-state index is 3.50. The van der Waals surface area contributed by atoms with Gasteiger partial charge < -0.3 is 10.2 Å². The van der Waals surface area contributed by atoms with Crippen molar-refractivity contribution < 1.29 is 4.58 Å². The molecule has 0 unspecified atom stereocenters. The molecule has 27 heavy (non-hydrogen) atoms. The molecule has 0 spiro atoms. The molecule has 3 heteroatoms. The smallest absolute Gasteiger partial charge is 0.199 e. The van der Waals surface area contributed by atoms with E-state index < -0.39 is 0 Å². The van der Waals surface area contributed by atoms with Crippen LogP contribution in [0.2, 0.25) is 0 Å². The van der Waals surface area contributed by atoms with Crippen LogP contribution in [0.3, 0.4) is 0 Å². The molecule has 1 N–H and O–H groups in total. The van der Waals surface area contributed by atoms with E-state index in [4.69, 9.17) is 0 Å². The number of nitrogens with zero attached hydrogens (tertiary/aromatic N) is 2. The lowest BCUT2D eigenvalue weighted by Crippen LogP contribution is -2.35. The molecular weight excluding hydrogens is 330 g/mol.